The fourth-order valence-electron chi connectivity index (χ4n) is 2.21. The molecule has 2 rings (SSSR count). The van der Waals surface area contributed by atoms with Crippen LogP contribution in [0.3, 0.4) is 0 Å². The van der Waals surface area contributed by atoms with Gasteiger partial charge >= 0.3 is 0 Å². The predicted molar refractivity (Wildman–Crippen MR) is 75.7 cm³/mol. The van der Waals surface area contributed by atoms with E-state index in [-0.39, 0.29) is 23.9 Å². The van der Waals surface area contributed by atoms with Gasteiger partial charge in [-0.15, -0.1) is 23.7 Å². The molecule has 18 heavy (non-hydrogen) atoms. The number of methoxy groups -OCH3 is 1. The molecule has 1 aromatic heterocycles. The van der Waals surface area contributed by atoms with Crippen molar-refractivity contribution in [1.82, 2.24) is 10.6 Å². The van der Waals surface area contributed by atoms with Crippen molar-refractivity contribution in [2.24, 2.45) is 0 Å². The molecule has 1 aliphatic rings. The van der Waals surface area contributed by atoms with Gasteiger partial charge in [0.15, 0.2) is 0 Å². The Morgan fingerprint density at radius 1 is 1.67 bits per heavy atom. The highest BCUT2D eigenvalue weighted by atomic mass is 35.5. The maximum Gasteiger partial charge on any atom is 0.261 e. The van der Waals surface area contributed by atoms with Gasteiger partial charge in [0, 0.05) is 13.7 Å². The van der Waals surface area contributed by atoms with Gasteiger partial charge in [-0.2, -0.15) is 0 Å². The lowest BCUT2D eigenvalue weighted by Crippen LogP contribution is -2.52. The van der Waals surface area contributed by atoms with Crippen molar-refractivity contribution in [3.8, 4) is 0 Å². The Morgan fingerprint density at radius 2 is 2.50 bits per heavy atom. The Bertz CT molecular complexity index is 364. The van der Waals surface area contributed by atoms with Gasteiger partial charge in [0.25, 0.3) is 5.91 Å². The van der Waals surface area contributed by atoms with Crippen LogP contribution in [0.2, 0.25) is 0 Å². The minimum absolute atomic E-state index is 0. The van der Waals surface area contributed by atoms with Gasteiger partial charge in [-0.3, -0.25) is 4.79 Å². The molecule has 1 unspecified atom stereocenters. The number of nitrogens with one attached hydrogen (secondary N) is 2. The normalized spacial score (nSPS) is 22.5. The number of halogens is 1. The van der Waals surface area contributed by atoms with Gasteiger partial charge in [0.2, 0.25) is 0 Å². The number of ether oxygens (including phenoxy) is 1. The van der Waals surface area contributed by atoms with Crippen LogP contribution in [0, 0.1) is 0 Å². The lowest BCUT2D eigenvalue weighted by molar-refractivity contribution is 0.0896. The molecule has 1 aliphatic heterocycles. The van der Waals surface area contributed by atoms with E-state index in [0.29, 0.717) is 13.2 Å². The molecule has 0 radical (unpaired) electrons. The molecule has 4 nitrogen and oxygen atoms in total. The topological polar surface area (TPSA) is 50.4 Å². The molecular weight excluding hydrogens is 272 g/mol. The molecule has 6 heteroatoms. The van der Waals surface area contributed by atoms with Crippen LogP contribution in [-0.4, -0.2) is 38.3 Å². The molecule has 1 amide bonds. The second-order valence-electron chi connectivity index (χ2n) is 4.40. The number of thiophene rings is 1. The van der Waals surface area contributed by atoms with Crippen LogP contribution in [0.5, 0.6) is 0 Å². The molecule has 102 valence electrons. The van der Waals surface area contributed by atoms with Gasteiger partial charge in [0.1, 0.15) is 0 Å². The number of amides is 1. The van der Waals surface area contributed by atoms with E-state index in [1.807, 2.05) is 17.5 Å². The van der Waals surface area contributed by atoms with Gasteiger partial charge < -0.3 is 15.4 Å². The first-order chi connectivity index (χ1) is 8.26. The zero-order valence-corrected chi connectivity index (χ0v) is 12.0. The second-order valence-corrected chi connectivity index (χ2v) is 5.35. The van der Waals surface area contributed by atoms with E-state index in [1.54, 1.807) is 7.11 Å². The molecule has 0 bridgehead atoms. The molecule has 0 spiro atoms. The summed E-state index contributed by atoms with van der Waals surface area (Å²) in [5.74, 6) is 0.00387. The van der Waals surface area contributed by atoms with Crippen molar-refractivity contribution >= 4 is 29.7 Å². The first kappa shape index (κ1) is 15.4. The molecule has 1 saturated heterocycles. The first-order valence-electron chi connectivity index (χ1n) is 5.81. The van der Waals surface area contributed by atoms with Crippen LogP contribution in [0.15, 0.2) is 17.5 Å². The number of rotatable bonds is 5. The number of hydrogen-bond donors (Lipinski definition) is 2. The largest absolute Gasteiger partial charge is 0.383 e. The average Bonchev–Trinajstić information content (AvgIpc) is 2.98. The monoisotopic (exact) mass is 290 g/mol. The number of carbonyl (C=O) groups is 1. The SMILES string of the molecule is COCC1(CNC(=O)c2cccs2)CCCN1.Cl. The summed E-state index contributed by atoms with van der Waals surface area (Å²) < 4.78 is 5.24. The van der Waals surface area contributed by atoms with Crippen LogP contribution >= 0.6 is 23.7 Å². The van der Waals surface area contributed by atoms with Gasteiger partial charge in [-0.05, 0) is 30.8 Å². The zero-order chi connectivity index (χ0) is 12.1. The summed E-state index contributed by atoms with van der Waals surface area (Å²) in [6.07, 6.45) is 2.18. The van der Waals surface area contributed by atoms with Crippen LogP contribution in [-0.2, 0) is 4.74 Å². The summed E-state index contributed by atoms with van der Waals surface area (Å²) in [5.41, 5.74) is -0.0817. The summed E-state index contributed by atoms with van der Waals surface area (Å²) in [6.45, 7) is 2.26. The first-order valence-corrected chi connectivity index (χ1v) is 6.69. The lowest BCUT2D eigenvalue weighted by Gasteiger charge is -2.28. The average molecular weight is 291 g/mol. The number of hydrogen-bond acceptors (Lipinski definition) is 4. The quantitative estimate of drug-likeness (QED) is 0.867. The van der Waals surface area contributed by atoms with Crippen LogP contribution in [0.25, 0.3) is 0 Å². The Labute approximate surface area is 118 Å². The van der Waals surface area contributed by atoms with Gasteiger partial charge in [-0.25, -0.2) is 0 Å². The highest BCUT2D eigenvalue weighted by molar-refractivity contribution is 7.12. The molecule has 0 saturated carbocycles. The molecule has 1 aromatic rings. The Balaban J connectivity index is 0.00000162. The predicted octanol–water partition coefficient (Wildman–Crippen LogP) is 1.67. The Hall–Kier alpha value is -0.620. The van der Waals surface area contributed by atoms with Gasteiger partial charge in [-0.1, -0.05) is 6.07 Å². The van der Waals surface area contributed by atoms with Gasteiger partial charge in [0.05, 0.1) is 17.0 Å². The van der Waals surface area contributed by atoms with Crippen molar-refractivity contribution in [2.75, 3.05) is 26.8 Å². The third-order valence-corrected chi connectivity index (χ3v) is 3.95. The summed E-state index contributed by atoms with van der Waals surface area (Å²) in [7, 11) is 1.70. The van der Waals surface area contributed by atoms with Crippen LogP contribution in [0.4, 0.5) is 0 Å². The van der Waals surface area contributed by atoms with E-state index in [4.69, 9.17) is 4.74 Å². The molecule has 2 N–H and O–H groups in total. The molecule has 1 atom stereocenters. The van der Waals surface area contributed by atoms with Crippen molar-refractivity contribution < 1.29 is 9.53 Å². The van der Waals surface area contributed by atoms with Crippen molar-refractivity contribution in [2.45, 2.75) is 18.4 Å². The third kappa shape index (κ3) is 3.68. The minimum Gasteiger partial charge on any atom is -0.383 e. The van der Waals surface area contributed by atoms with Crippen molar-refractivity contribution in [3.05, 3.63) is 22.4 Å². The van der Waals surface area contributed by atoms with E-state index in [0.717, 1.165) is 24.3 Å². The van der Waals surface area contributed by atoms with Crippen LogP contribution < -0.4 is 10.6 Å². The molecule has 2 heterocycles. The van der Waals surface area contributed by atoms with E-state index in [1.165, 1.54) is 11.3 Å². The van der Waals surface area contributed by atoms with Crippen molar-refractivity contribution in [1.29, 1.82) is 0 Å². The minimum atomic E-state index is -0.0817. The standard InChI is InChI=1S/C12H18N2O2S.ClH/c1-16-9-12(5-3-6-14-12)8-13-11(15)10-4-2-7-17-10;/h2,4,7,14H,3,5-6,8-9H2,1H3,(H,13,15);1H. The summed E-state index contributed by atoms with van der Waals surface area (Å²) >= 11 is 1.46. The zero-order valence-electron chi connectivity index (χ0n) is 10.4. The summed E-state index contributed by atoms with van der Waals surface area (Å²) in [4.78, 5) is 12.6. The molecule has 1 fully saturated rings. The number of carbonyl (C=O) groups excluding carboxylic acids is 1. The van der Waals surface area contributed by atoms with E-state index in [2.05, 4.69) is 10.6 Å². The highest BCUT2D eigenvalue weighted by Crippen LogP contribution is 2.19. The maximum atomic E-state index is 11.8. The Morgan fingerprint density at radius 3 is 3.06 bits per heavy atom. The lowest BCUT2D eigenvalue weighted by atomic mass is 9.98. The fourth-order valence-corrected chi connectivity index (χ4v) is 2.85. The summed E-state index contributed by atoms with van der Waals surface area (Å²) in [6, 6.07) is 3.73. The fraction of sp³-hybridized carbons (Fsp3) is 0.583. The Kier molecular flexibility index (Phi) is 6.08. The molecular formula is C12H19ClN2O2S. The van der Waals surface area contributed by atoms with Crippen molar-refractivity contribution in [3.63, 3.8) is 0 Å². The third-order valence-electron chi connectivity index (χ3n) is 3.09. The second kappa shape index (κ2) is 7.09. The van der Waals surface area contributed by atoms with E-state index < -0.39 is 0 Å². The van der Waals surface area contributed by atoms with E-state index >= 15 is 0 Å². The highest BCUT2D eigenvalue weighted by Gasteiger charge is 2.33. The maximum absolute atomic E-state index is 11.8. The molecule has 0 aromatic carbocycles. The summed E-state index contributed by atoms with van der Waals surface area (Å²) in [5, 5.41) is 8.33. The van der Waals surface area contributed by atoms with Crippen LogP contribution in [0.1, 0.15) is 22.5 Å². The smallest absolute Gasteiger partial charge is 0.261 e. The molecule has 0 aliphatic carbocycles. The van der Waals surface area contributed by atoms with E-state index in [9.17, 15) is 4.79 Å².